The Morgan fingerprint density at radius 3 is 1.87 bits per heavy atom. The molecule has 2 aromatic rings. The smallest absolute Gasteiger partial charge is 0.127 e. The monoisotopic (exact) mass is 653 g/mol. The van der Waals surface area contributed by atoms with Gasteiger partial charge in [-0.05, 0) is 136 Å². The number of hydrogen-bond donors (Lipinski definition) is 0. The van der Waals surface area contributed by atoms with Crippen LogP contribution in [0.2, 0.25) is 18.6 Å². The lowest BCUT2D eigenvalue weighted by molar-refractivity contribution is 0.122. The zero-order chi connectivity index (χ0) is 34.6. The number of allylic oxidation sites excluding steroid dienone is 4. The Kier molecular flexibility index (Phi) is 9.99. The molecule has 0 spiro atoms. The fraction of sp³-hybridized carbons (Fsp3) is 0.636. The number of ether oxygens (including phenoxy) is 1. The summed E-state index contributed by atoms with van der Waals surface area (Å²) in [5, 5.41) is 0. The normalized spacial score (nSPS) is 22.5. The van der Waals surface area contributed by atoms with Crippen LogP contribution in [0, 0.1) is 11.8 Å². The summed E-state index contributed by atoms with van der Waals surface area (Å²) in [5.41, 5.74) is 8.81. The van der Waals surface area contributed by atoms with E-state index >= 15 is 0 Å². The predicted molar refractivity (Wildman–Crippen MR) is 207 cm³/mol. The molecule has 1 saturated carbocycles. The Balaban J connectivity index is 1.58. The maximum Gasteiger partial charge on any atom is 0.127 e. The van der Waals surface area contributed by atoms with Gasteiger partial charge in [-0.3, -0.25) is 0 Å². The van der Waals surface area contributed by atoms with Crippen molar-refractivity contribution in [3.63, 3.8) is 0 Å². The average Bonchev–Trinajstić information content (AvgIpc) is 3.49. The number of hydrogen-bond acceptors (Lipinski definition) is 2. The van der Waals surface area contributed by atoms with E-state index in [4.69, 9.17) is 4.74 Å². The van der Waals surface area contributed by atoms with Crippen molar-refractivity contribution in [2.24, 2.45) is 11.8 Å². The van der Waals surface area contributed by atoms with Gasteiger partial charge in [0.1, 0.15) is 19.7 Å². The first kappa shape index (κ1) is 36.2. The maximum atomic E-state index is 6.61. The van der Waals surface area contributed by atoms with Crippen LogP contribution in [-0.4, -0.2) is 23.9 Å². The first-order valence-corrected chi connectivity index (χ1v) is 22.1. The number of benzene rings is 2. The summed E-state index contributed by atoms with van der Waals surface area (Å²) in [7, 11) is -1.83. The fourth-order valence-corrected chi connectivity index (χ4v) is 16.5. The molecule has 3 heteroatoms. The molecule has 3 unspecified atom stereocenters. The van der Waals surface area contributed by atoms with Crippen LogP contribution in [0.25, 0.3) is 5.57 Å². The van der Waals surface area contributed by atoms with E-state index in [-0.39, 0.29) is 21.9 Å². The quantitative estimate of drug-likeness (QED) is 0.237. The third-order valence-electron chi connectivity index (χ3n) is 11.8. The van der Waals surface area contributed by atoms with Gasteiger partial charge in [0.15, 0.2) is 0 Å². The van der Waals surface area contributed by atoms with Gasteiger partial charge in [-0.2, -0.15) is 0 Å². The van der Waals surface area contributed by atoms with Crippen molar-refractivity contribution in [3.05, 3.63) is 76.9 Å². The van der Waals surface area contributed by atoms with Gasteiger partial charge in [-0.1, -0.05) is 110 Å². The molecular weight excluding hydrogens is 587 g/mol. The van der Waals surface area contributed by atoms with E-state index in [0.29, 0.717) is 11.8 Å². The van der Waals surface area contributed by atoms with Crippen molar-refractivity contribution >= 4 is 13.8 Å². The second kappa shape index (κ2) is 13.0. The van der Waals surface area contributed by atoms with Crippen molar-refractivity contribution in [2.45, 2.75) is 168 Å². The van der Waals surface area contributed by atoms with Crippen molar-refractivity contribution < 1.29 is 4.74 Å². The van der Waals surface area contributed by atoms with Crippen LogP contribution in [0.15, 0.2) is 60.2 Å². The second-order valence-electron chi connectivity index (χ2n) is 18.8. The van der Waals surface area contributed by atoms with Gasteiger partial charge in [0.05, 0.1) is 0 Å². The van der Waals surface area contributed by atoms with Crippen LogP contribution < -0.4 is 4.74 Å². The summed E-state index contributed by atoms with van der Waals surface area (Å²) in [6.45, 7) is 31.6. The molecule has 47 heavy (non-hydrogen) atoms. The lowest BCUT2D eigenvalue weighted by atomic mass is 9.68. The van der Waals surface area contributed by atoms with E-state index in [1.54, 1.807) is 11.1 Å². The molecule has 1 fully saturated rings. The number of rotatable bonds is 10. The van der Waals surface area contributed by atoms with Gasteiger partial charge in [-0.25, -0.2) is 0 Å². The van der Waals surface area contributed by atoms with E-state index in [1.165, 1.54) is 68.1 Å². The third kappa shape index (κ3) is 6.87. The number of fused-ring (bicyclic) bond motifs is 4. The van der Waals surface area contributed by atoms with E-state index in [0.717, 1.165) is 17.0 Å². The van der Waals surface area contributed by atoms with Crippen LogP contribution in [0.4, 0.5) is 0 Å². The standard InChI is InChI=1S/C44H67NOSi/c1-14-16-26-44(27-17-15-2)38-29-34(46-33-21-19-32(20-22-33)41(3,4)5)23-24-35(38)37-28-31-18-25-40(36(31)30-39(37)44)47(12,13)45(42(6,7)8)43(9,10)11/h19-24,28-31,36,40H,14-18,25-27H2,1-13H3. The van der Waals surface area contributed by atoms with Crippen LogP contribution in [0.5, 0.6) is 11.5 Å². The van der Waals surface area contributed by atoms with Crippen molar-refractivity contribution in [2.75, 3.05) is 0 Å². The van der Waals surface area contributed by atoms with E-state index in [9.17, 15) is 0 Å². The highest BCUT2D eigenvalue weighted by Crippen LogP contribution is 2.62. The lowest BCUT2D eigenvalue weighted by Crippen LogP contribution is -2.67. The molecular formula is C44H67NOSi. The van der Waals surface area contributed by atoms with E-state index in [2.05, 4.69) is 148 Å². The average molecular weight is 654 g/mol. The van der Waals surface area contributed by atoms with Crippen LogP contribution in [0.3, 0.4) is 0 Å². The SMILES string of the molecule is CCCCC1(CCCC)C2=CC3C(C=C2c2ccc(Oc4ccc(C(C)(C)C)cc4)cc21)CCC3[Si](C)(C)N(C(C)(C)C)C(C)(C)C. The molecule has 5 rings (SSSR count). The van der Waals surface area contributed by atoms with Crippen molar-refractivity contribution in [1.82, 2.24) is 4.57 Å². The minimum atomic E-state index is -1.83. The molecule has 0 heterocycles. The highest BCUT2D eigenvalue weighted by atomic mass is 28.3. The molecule has 3 aliphatic carbocycles. The topological polar surface area (TPSA) is 12.5 Å². The molecule has 3 aliphatic rings. The fourth-order valence-electron chi connectivity index (χ4n) is 10.6. The minimum absolute atomic E-state index is 0.0696. The van der Waals surface area contributed by atoms with E-state index < -0.39 is 8.24 Å². The highest BCUT2D eigenvalue weighted by molar-refractivity contribution is 6.76. The Morgan fingerprint density at radius 2 is 1.34 bits per heavy atom. The first-order valence-electron chi connectivity index (χ1n) is 19.0. The van der Waals surface area contributed by atoms with Crippen LogP contribution in [0.1, 0.15) is 144 Å². The van der Waals surface area contributed by atoms with E-state index in [1.807, 2.05) is 0 Å². The van der Waals surface area contributed by atoms with Gasteiger partial charge in [-0.15, -0.1) is 0 Å². The zero-order valence-corrected chi connectivity index (χ0v) is 33.4. The second-order valence-corrected chi connectivity index (χ2v) is 23.3. The van der Waals surface area contributed by atoms with Crippen molar-refractivity contribution in [1.29, 1.82) is 0 Å². The van der Waals surface area contributed by atoms with Gasteiger partial charge < -0.3 is 9.30 Å². The van der Waals surface area contributed by atoms with Crippen LogP contribution in [-0.2, 0) is 10.8 Å². The highest BCUT2D eigenvalue weighted by Gasteiger charge is 2.55. The predicted octanol–water partition coefficient (Wildman–Crippen LogP) is 13.2. The Morgan fingerprint density at radius 1 is 0.766 bits per heavy atom. The molecule has 0 aliphatic heterocycles. The van der Waals surface area contributed by atoms with Crippen molar-refractivity contribution in [3.8, 4) is 11.5 Å². The molecule has 0 radical (unpaired) electrons. The lowest BCUT2D eigenvalue weighted by Gasteiger charge is -2.57. The maximum absolute atomic E-state index is 6.61. The first-order chi connectivity index (χ1) is 21.8. The third-order valence-corrected chi connectivity index (χ3v) is 16.8. The number of unbranched alkanes of at least 4 members (excludes halogenated alkanes) is 2. The molecule has 0 bridgehead atoms. The summed E-state index contributed by atoms with van der Waals surface area (Å²) < 4.78 is 9.59. The van der Waals surface area contributed by atoms with Gasteiger partial charge in [0.25, 0.3) is 0 Å². The molecule has 2 aromatic carbocycles. The molecule has 0 aromatic heterocycles. The van der Waals surface area contributed by atoms with Gasteiger partial charge in [0.2, 0.25) is 0 Å². The van der Waals surface area contributed by atoms with Gasteiger partial charge in [0, 0.05) is 16.5 Å². The van der Waals surface area contributed by atoms with Crippen LogP contribution >= 0.6 is 0 Å². The molecule has 0 amide bonds. The summed E-state index contributed by atoms with van der Waals surface area (Å²) in [6.07, 6.45) is 15.7. The molecule has 3 atom stereocenters. The summed E-state index contributed by atoms with van der Waals surface area (Å²) in [4.78, 5) is 0. The molecule has 0 N–H and O–H groups in total. The van der Waals surface area contributed by atoms with Gasteiger partial charge >= 0.3 is 0 Å². The Bertz CT molecular complexity index is 1450. The summed E-state index contributed by atoms with van der Waals surface area (Å²) in [5.74, 6) is 3.18. The minimum Gasteiger partial charge on any atom is -0.457 e. The molecule has 258 valence electrons. The summed E-state index contributed by atoms with van der Waals surface area (Å²) in [6, 6.07) is 15.8. The largest absolute Gasteiger partial charge is 0.457 e. The number of nitrogens with zero attached hydrogens (tertiary/aromatic N) is 1. The molecule has 2 nitrogen and oxygen atoms in total. The summed E-state index contributed by atoms with van der Waals surface area (Å²) >= 11 is 0. The zero-order valence-electron chi connectivity index (χ0n) is 32.4. The molecule has 0 saturated heterocycles. The Hall–Kier alpha value is -2.10. The Labute approximate surface area is 290 Å².